The van der Waals surface area contributed by atoms with E-state index in [1.807, 2.05) is 32.2 Å². The van der Waals surface area contributed by atoms with Crippen molar-refractivity contribution in [2.75, 3.05) is 27.3 Å². The molecule has 2 N–H and O–H groups in total. The van der Waals surface area contributed by atoms with E-state index in [0.29, 0.717) is 37.4 Å². The summed E-state index contributed by atoms with van der Waals surface area (Å²) in [5.41, 5.74) is 9.37. The normalized spacial score (nSPS) is 18.7. The first-order valence-electron chi connectivity index (χ1n) is 19.5. The predicted octanol–water partition coefficient (Wildman–Crippen LogP) is 6.16. The van der Waals surface area contributed by atoms with Crippen LogP contribution in [0, 0.1) is 11.3 Å². The largest absolute Gasteiger partial charge is 0.464 e. The molecule has 4 atom stereocenters. The molecule has 1 fully saturated rings. The number of hydrazine groups is 1. The van der Waals surface area contributed by atoms with E-state index in [-0.39, 0.29) is 90.8 Å². The third-order valence-corrected chi connectivity index (χ3v) is 11.8. The number of carbonyl (C=O) groups excluding carboxylic acids is 4. The van der Waals surface area contributed by atoms with Crippen molar-refractivity contribution in [3.63, 3.8) is 0 Å². The molecule has 2 aliphatic heterocycles. The summed E-state index contributed by atoms with van der Waals surface area (Å²) in [5.74, 6) is -1.73. The molecule has 0 aliphatic carbocycles. The molecule has 13 nitrogen and oxygen atoms in total. The number of fused-ring (bicyclic) bond motifs is 6. The van der Waals surface area contributed by atoms with Gasteiger partial charge in [-0.3, -0.25) is 29.2 Å². The van der Waals surface area contributed by atoms with E-state index in [0.717, 1.165) is 44.7 Å². The fourth-order valence-corrected chi connectivity index (χ4v) is 8.79. The Hall–Kier alpha value is -3.26. The number of esters is 1. The molecule has 5 heterocycles. The van der Waals surface area contributed by atoms with Crippen molar-refractivity contribution in [1.82, 2.24) is 35.2 Å². The van der Waals surface area contributed by atoms with Crippen molar-refractivity contribution in [2.24, 2.45) is 11.3 Å². The molecular formula is C42H63N7O6S5. The van der Waals surface area contributed by atoms with Gasteiger partial charge in [-0.15, -0.1) is 11.3 Å². The Morgan fingerprint density at radius 1 is 1.13 bits per heavy atom. The first-order valence-corrected chi connectivity index (χ1v) is 20.4. The molecule has 1 saturated heterocycles. The van der Waals surface area contributed by atoms with Crippen molar-refractivity contribution in [2.45, 2.75) is 105 Å². The van der Waals surface area contributed by atoms with Gasteiger partial charge in [-0.25, -0.2) is 10.4 Å². The van der Waals surface area contributed by atoms with E-state index in [2.05, 4.69) is 60.3 Å². The summed E-state index contributed by atoms with van der Waals surface area (Å²) in [5, 5.41) is 8.10. The second kappa shape index (κ2) is 22.2. The fourth-order valence-electron chi connectivity index (χ4n) is 7.94. The van der Waals surface area contributed by atoms with Gasteiger partial charge in [0.05, 0.1) is 34.8 Å². The highest BCUT2D eigenvalue weighted by Gasteiger charge is 2.37. The summed E-state index contributed by atoms with van der Waals surface area (Å²) in [4.78, 5) is 65.4. The van der Waals surface area contributed by atoms with Gasteiger partial charge in [-0.2, -0.15) is 54.0 Å². The predicted molar refractivity (Wildman–Crippen MR) is 258 cm³/mol. The number of benzene rings is 1. The molecule has 0 unspecified atom stereocenters. The van der Waals surface area contributed by atoms with Crippen LogP contribution in [0.15, 0.2) is 41.9 Å². The standard InChI is InChI=1S/C42H55N7O6S.4H2S/c1-10-48-34-16-15-27-19-29(34)30(38(48)28-13-11-17-43-36(28)25(4)54-9)21-42(6,7)23-55-41(53)31-14-12-18-49(46-31)40(52)32(20-35-44-33(27)22-56-35)45-39(51)37(24(2)3)47(8)26(5)50;;;;/h11,13,15-17,19,22,24-25,31-32,37,46H,10,12,14,18,20-21,23H2,1-9H3,(H,45,51);4*1H2/t25-,31-,32-,37-;;;;/m0..../s1. The lowest BCUT2D eigenvalue weighted by Crippen LogP contribution is -2.62. The number of hydrogen-bond donors (Lipinski definition) is 2. The van der Waals surface area contributed by atoms with Crippen molar-refractivity contribution in [3.05, 3.63) is 58.2 Å². The van der Waals surface area contributed by atoms with Gasteiger partial charge >= 0.3 is 5.97 Å². The summed E-state index contributed by atoms with van der Waals surface area (Å²) in [6.07, 6.45) is 3.33. The fraction of sp³-hybridized carbons (Fsp3) is 0.524. The maximum Gasteiger partial charge on any atom is 0.324 e. The summed E-state index contributed by atoms with van der Waals surface area (Å²) in [6.45, 7) is 14.7. The third kappa shape index (κ3) is 11.2. The molecule has 6 rings (SSSR count). The summed E-state index contributed by atoms with van der Waals surface area (Å²) >= 11 is 1.42. The van der Waals surface area contributed by atoms with Gasteiger partial charge in [0.15, 0.2) is 0 Å². The number of methoxy groups -OCH3 is 1. The van der Waals surface area contributed by atoms with Crippen LogP contribution in [-0.2, 0) is 48.0 Å². The minimum absolute atomic E-state index is 0. The highest BCUT2D eigenvalue weighted by molar-refractivity contribution is 7.59. The molecule has 2 aliphatic rings. The number of aryl methyl sites for hydroxylation is 1. The summed E-state index contributed by atoms with van der Waals surface area (Å²) in [7, 11) is 3.27. The van der Waals surface area contributed by atoms with Crippen LogP contribution in [0.25, 0.3) is 33.4 Å². The van der Waals surface area contributed by atoms with Gasteiger partial charge in [-0.05, 0) is 68.9 Å². The van der Waals surface area contributed by atoms with Gasteiger partial charge in [0, 0.05) is 79.6 Å². The lowest BCUT2D eigenvalue weighted by atomic mass is 9.84. The Bertz CT molecular complexity index is 2120. The maximum atomic E-state index is 14.3. The number of likely N-dealkylation sites (N-methyl/N-ethyl adjacent to an activating group) is 1. The second-order valence-corrected chi connectivity index (χ2v) is 17.0. The number of nitrogens with one attached hydrogen (secondary N) is 2. The number of ether oxygens (including phenoxy) is 2. The quantitative estimate of drug-likeness (QED) is 0.199. The maximum absolute atomic E-state index is 14.3. The molecule has 6 bridgehead atoms. The molecule has 60 heavy (non-hydrogen) atoms. The number of rotatable bonds is 8. The Balaban J connectivity index is 0.00000310. The topological polar surface area (TPSA) is 148 Å². The summed E-state index contributed by atoms with van der Waals surface area (Å²) in [6, 6.07) is 7.88. The number of aromatic nitrogens is 3. The lowest BCUT2D eigenvalue weighted by molar-refractivity contribution is -0.155. The first-order chi connectivity index (χ1) is 26.6. The van der Waals surface area contributed by atoms with Gasteiger partial charge in [-0.1, -0.05) is 33.8 Å². The molecule has 18 heteroatoms. The zero-order valence-electron chi connectivity index (χ0n) is 36.0. The van der Waals surface area contributed by atoms with Crippen LogP contribution in [0.3, 0.4) is 0 Å². The molecular weight excluding hydrogens is 859 g/mol. The molecule has 0 radical (unpaired) electrons. The van der Waals surface area contributed by atoms with Crippen molar-refractivity contribution < 1.29 is 28.7 Å². The number of thiazole rings is 1. The molecule has 3 amide bonds. The number of cyclic esters (lactones) is 1. The number of hydrogen-bond acceptors (Lipinski definition) is 10. The lowest BCUT2D eigenvalue weighted by Gasteiger charge is -2.36. The monoisotopic (exact) mass is 921 g/mol. The summed E-state index contributed by atoms with van der Waals surface area (Å²) < 4.78 is 14.2. The van der Waals surface area contributed by atoms with E-state index < -0.39 is 35.4 Å². The van der Waals surface area contributed by atoms with E-state index in [9.17, 15) is 19.2 Å². The van der Waals surface area contributed by atoms with Crippen LogP contribution in [0.5, 0.6) is 0 Å². The molecule has 1 aromatic carbocycles. The van der Waals surface area contributed by atoms with E-state index in [1.54, 1.807) is 20.4 Å². The minimum atomic E-state index is -1.01. The highest BCUT2D eigenvalue weighted by Crippen LogP contribution is 2.42. The Kier molecular flexibility index (Phi) is 19.6. The molecule has 0 spiro atoms. The van der Waals surface area contributed by atoms with Crippen LogP contribution in [0.2, 0.25) is 0 Å². The number of nitrogens with zero attached hydrogens (tertiary/aromatic N) is 5. The van der Waals surface area contributed by atoms with E-state index in [4.69, 9.17) is 19.4 Å². The third-order valence-electron chi connectivity index (χ3n) is 11.0. The smallest absolute Gasteiger partial charge is 0.324 e. The van der Waals surface area contributed by atoms with Crippen molar-refractivity contribution in [1.29, 1.82) is 0 Å². The van der Waals surface area contributed by atoms with Crippen LogP contribution < -0.4 is 10.7 Å². The molecule has 3 aromatic heterocycles. The average molecular weight is 922 g/mol. The number of carbonyl (C=O) groups is 4. The van der Waals surface area contributed by atoms with Gasteiger partial charge in [0.25, 0.3) is 5.91 Å². The first kappa shape index (κ1) is 52.9. The van der Waals surface area contributed by atoms with Crippen LogP contribution in [0.4, 0.5) is 0 Å². The number of pyridine rings is 1. The van der Waals surface area contributed by atoms with Crippen molar-refractivity contribution in [3.8, 4) is 22.5 Å². The molecule has 332 valence electrons. The Morgan fingerprint density at radius 3 is 2.50 bits per heavy atom. The molecule has 4 aromatic rings. The second-order valence-electron chi connectivity index (χ2n) is 16.1. The Morgan fingerprint density at radius 2 is 1.85 bits per heavy atom. The van der Waals surface area contributed by atoms with Crippen LogP contribution in [-0.4, -0.2) is 93.6 Å². The van der Waals surface area contributed by atoms with Gasteiger partial charge in [0.1, 0.15) is 18.1 Å². The highest BCUT2D eigenvalue weighted by atomic mass is 32.1. The van der Waals surface area contributed by atoms with Gasteiger partial charge < -0.3 is 24.3 Å². The number of amides is 3. The van der Waals surface area contributed by atoms with Crippen LogP contribution >= 0.6 is 65.3 Å². The SMILES string of the molecule is CCn1c(-c2cccnc2[C@H](C)OC)c2c3cc(ccc31)-c1csc(n1)C[C@H](NC(=O)[C@H](C(C)C)N(C)C(C)=O)C(=O)N1CCC[C@H](N1)C(=O)OCC(C)(C)C2.S.S.S.S. The van der Waals surface area contributed by atoms with E-state index >= 15 is 0 Å². The molecule has 0 saturated carbocycles. The minimum Gasteiger partial charge on any atom is -0.464 e. The van der Waals surface area contributed by atoms with E-state index in [1.165, 1.54) is 28.2 Å². The zero-order valence-corrected chi connectivity index (χ0v) is 40.8. The Labute approximate surface area is 385 Å². The average Bonchev–Trinajstić information content (AvgIpc) is 3.77. The van der Waals surface area contributed by atoms with Crippen molar-refractivity contribution >= 4 is 99.9 Å². The van der Waals surface area contributed by atoms with Crippen LogP contribution in [0.1, 0.15) is 83.7 Å². The van der Waals surface area contributed by atoms with Gasteiger partial charge in [0.2, 0.25) is 11.8 Å². The zero-order chi connectivity index (χ0) is 40.5.